The standard InChI is InChI=1S/C17H22N4O2/c1-20-16(22)8-7-15(19-20)17(23)18-11-13-9-10-21(12-13)14-5-3-2-4-6-14/h2-6,13H,7-12H2,1H3,(H,18,23). The molecule has 2 aliphatic heterocycles. The number of nitrogens with zero attached hydrogens (tertiary/aromatic N) is 3. The first-order valence-electron chi connectivity index (χ1n) is 8.05. The van der Waals surface area contributed by atoms with E-state index in [-0.39, 0.29) is 11.8 Å². The van der Waals surface area contributed by atoms with Crippen LogP contribution in [-0.4, -0.2) is 49.2 Å². The number of benzene rings is 1. The molecule has 2 amide bonds. The van der Waals surface area contributed by atoms with Crippen LogP contribution < -0.4 is 10.2 Å². The average molecular weight is 314 g/mol. The van der Waals surface area contributed by atoms with Gasteiger partial charge in [-0.05, 0) is 24.5 Å². The van der Waals surface area contributed by atoms with E-state index in [4.69, 9.17) is 0 Å². The molecule has 1 aromatic rings. The minimum Gasteiger partial charge on any atom is -0.371 e. The fourth-order valence-electron chi connectivity index (χ4n) is 3.04. The third kappa shape index (κ3) is 3.70. The molecule has 1 aromatic carbocycles. The van der Waals surface area contributed by atoms with Crippen molar-refractivity contribution in [3.05, 3.63) is 30.3 Å². The van der Waals surface area contributed by atoms with E-state index in [2.05, 4.69) is 27.5 Å². The Balaban J connectivity index is 1.49. The van der Waals surface area contributed by atoms with Crippen LogP contribution in [0.2, 0.25) is 0 Å². The Bertz CT molecular complexity index is 614. The lowest BCUT2D eigenvalue weighted by molar-refractivity contribution is -0.130. The van der Waals surface area contributed by atoms with Gasteiger partial charge in [0, 0.05) is 45.2 Å². The van der Waals surface area contributed by atoms with Crippen LogP contribution in [0.3, 0.4) is 0 Å². The zero-order valence-electron chi connectivity index (χ0n) is 13.4. The molecule has 1 fully saturated rings. The van der Waals surface area contributed by atoms with E-state index in [0.29, 0.717) is 31.0 Å². The minimum atomic E-state index is -0.150. The molecule has 2 aliphatic rings. The number of para-hydroxylation sites is 1. The van der Waals surface area contributed by atoms with Crippen molar-refractivity contribution in [2.45, 2.75) is 19.3 Å². The summed E-state index contributed by atoms with van der Waals surface area (Å²) in [6, 6.07) is 10.3. The lowest BCUT2D eigenvalue weighted by atomic mass is 10.1. The highest BCUT2D eigenvalue weighted by atomic mass is 16.2. The van der Waals surface area contributed by atoms with E-state index < -0.39 is 0 Å². The van der Waals surface area contributed by atoms with Crippen LogP contribution in [-0.2, 0) is 9.59 Å². The Morgan fingerprint density at radius 2 is 2.09 bits per heavy atom. The summed E-state index contributed by atoms with van der Waals surface area (Å²) in [5.41, 5.74) is 1.68. The average Bonchev–Trinajstić information content (AvgIpc) is 3.05. The quantitative estimate of drug-likeness (QED) is 0.909. The Hall–Kier alpha value is -2.37. The molecule has 0 aromatic heterocycles. The molecule has 0 bridgehead atoms. The van der Waals surface area contributed by atoms with E-state index in [0.717, 1.165) is 19.5 Å². The zero-order valence-corrected chi connectivity index (χ0v) is 13.4. The summed E-state index contributed by atoms with van der Waals surface area (Å²) in [5.74, 6) is 0.251. The van der Waals surface area contributed by atoms with Gasteiger partial charge >= 0.3 is 0 Å². The second-order valence-corrected chi connectivity index (χ2v) is 6.11. The first kappa shape index (κ1) is 15.5. The fourth-order valence-corrected chi connectivity index (χ4v) is 3.04. The lowest BCUT2D eigenvalue weighted by Crippen LogP contribution is -2.39. The van der Waals surface area contributed by atoms with Gasteiger partial charge in [0.15, 0.2) is 0 Å². The van der Waals surface area contributed by atoms with Crippen LogP contribution in [0.4, 0.5) is 5.69 Å². The van der Waals surface area contributed by atoms with Crippen molar-refractivity contribution in [1.82, 2.24) is 10.3 Å². The fraction of sp³-hybridized carbons (Fsp3) is 0.471. The van der Waals surface area contributed by atoms with Crippen molar-refractivity contribution in [3.63, 3.8) is 0 Å². The number of hydrogen-bond donors (Lipinski definition) is 1. The van der Waals surface area contributed by atoms with Gasteiger partial charge in [-0.15, -0.1) is 0 Å². The van der Waals surface area contributed by atoms with E-state index >= 15 is 0 Å². The first-order chi connectivity index (χ1) is 11.1. The smallest absolute Gasteiger partial charge is 0.267 e. The van der Waals surface area contributed by atoms with Crippen LogP contribution >= 0.6 is 0 Å². The molecule has 0 spiro atoms. The molecular weight excluding hydrogens is 292 g/mol. The normalized spacial score (nSPS) is 21.3. The van der Waals surface area contributed by atoms with Crippen LogP contribution in [0.15, 0.2) is 35.4 Å². The lowest BCUT2D eigenvalue weighted by Gasteiger charge is -2.20. The van der Waals surface area contributed by atoms with Gasteiger partial charge in [0.1, 0.15) is 5.71 Å². The highest BCUT2D eigenvalue weighted by molar-refractivity contribution is 6.39. The molecule has 1 atom stereocenters. The monoisotopic (exact) mass is 314 g/mol. The van der Waals surface area contributed by atoms with Crippen LogP contribution in [0.25, 0.3) is 0 Å². The number of anilines is 1. The second kappa shape index (κ2) is 6.81. The summed E-state index contributed by atoms with van der Waals surface area (Å²) in [7, 11) is 1.59. The molecule has 2 heterocycles. The maximum atomic E-state index is 12.2. The molecule has 1 N–H and O–H groups in total. The summed E-state index contributed by atoms with van der Waals surface area (Å²) in [4.78, 5) is 25.9. The topological polar surface area (TPSA) is 65.0 Å². The van der Waals surface area contributed by atoms with Gasteiger partial charge in [-0.25, -0.2) is 5.01 Å². The van der Waals surface area contributed by atoms with Gasteiger partial charge < -0.3 is 10.2 Å². The highest BCUT2D eigenvalue weighted by Gasteiger charge is 2.25. The Kier molecular flexibility index (Phi) is 4.60. The third-order valence-corrected chi connectivity index (χ3v) is 4.43. The maximum Gasteiger partial charge on any atom is 0.267 e. The molecule has 3 rings (SSSR count). The van der Waals surface area contributed by atoms with E-state index in [9.17, 15) is 9.59 Å². The largest absolute Gasteiger partial charge is 0.371 e. The summed E-state index contributed by atoms with van der Waals surface area (Å²) < 4.78 is 0. The summed E-state index contributed by atoms with van der Waals surface area (Å²) >= 11 is 0. The van der Waals surface area contributed by atoms with E-state index in [1.807, 2.05) is 18.2 Å². The first-order valence-corrected chi connectivity index (χ1v) is 8.05. The van der Waals surface area contributed by atoms with Crippen molar-refractivity contribution in [3.8, 4) is 0 Å². The van der Waals surface area contributed by atoms with Gasteiger partial charge in [0.05, 0.1) is 0 Å². The number of hydrogen-bond acceptors (Lipinski definition) is 4. The molecule has 6 nitrogen and oxygen atoms in total. The van der Waals surface area contributed by atoms with Crippen LogP contribution in [0, 0.1) is 5.92 Å². The van der Waals surface area contributed by atoms with Gasteiger partial charge in [0.25, 0.3) is 5.91 Å². The second-order valence-electron chi connectivity index (χ2n) is 6.11. The predicted octanol–water partition coefficient (Wildman–Crippen LogP) is 1.24. The number of rotatable bonds is 4. The van der Waals surface area contributed by atoms with Crippen LogP contribution in [0.5, 0.6) is 0 Å². The Morgan fingerprint density at radius 3 is 2.83 bits per heavy atom. The van der Waals surface area contributed by atoms with Gasteiger partial charge in [-0.1, -0.05) is 18.2 Å². The van der Waals surface area contributed by atoms with Crippen molar-refractivity contribution in [2.75, 3.05) is 31.6 Å². The molecule has 6 heteroatoms. The van der Waals surface area contributed by atoms with Crippen molar-refractivity contribution >= 4 is 23.2 Å². The molecule has 1 saturated heterocycles. The highest BCUT2D eigenvalue weighted by Crippen LogP contribution is 2.23. The minimum absolute atomic E-state index is 0.0455. The summed E-state index contributed by atoms with van der Waals surface area (Å²) in [6.07, 6.45) is 1.85. The van der Waals surface area contributed by atoms with E-state index in [1.54, 1.807) is 7.05 Å². The SMILES string of the molecule is CN1N=C(C(=O)NCC2CCN(c3ccccc3)C2)CCC1=O. The zero-order chi connectivity index (χ0) is 16.2. The van der Waals surface area contributed by atoms with Crippen LogP contribution in [0.1, 0.15) is 19.3 Å². The summed E-state index contributed by atoms with van der Waals surface area (Å²) in [5, 5.41) is 8.27. The van der Waals surface area contributed by atoms with E-state index in [1.165, 1.54) is 10.7 Å². The third-order valence-electron chi connectivity index (χ3n) is 4.43. The molecule has 0 radical (unpaired) electrons. The molecular formula is C17H22N4O2. The van der Waals surface area contributed by atoms with Gasteiger partial charge in [-0.3, -0.25) is 9.59 Å². The predicted molar refractivity (Wildman–Crippen MR) is 89.2 cm³/mol. The number of carbonyl (C=O) groups excluding carboxylic acids is 2. The summed E-state index contributed by atoms with van der Waals surface area (Å²) in [6.45, 7) is 2.62. The molecule has 0 aliphatic carbocycles. The Labute approximate surface area is 136 Å². The molecule has 0 saturated carbocycles. The van der Waals surface area contributed by atoms with Crippen molar-refractivity contribution < 1.29 is 9.59 Å². The van der Waals surface area contributed by atoms with Gasteiger partial charge in [-0.2, -0.15) is 5.10 Å². The Morgan fingerprint density at radius 1 is 1.30 bits per heavy atom. The van der Waals surface area contributed by atoms with Crippen molar-refractivity contribution in [2.24, 2.45) is 11.0 Å². The number of carbonyl (C=O) groups is 2. The van der Waals surface area contributed by atoms with Gasteiger partial charge in [0.2, 0.25) is 5.91 Å². The maximum absolute atomic E-state index is 12.2. The van der Waals surface area contributed by atoms with Crippen molar-refractivity contribution in [1.29, 1.82) is 0 Å². The molecule has 1 unspecified atom stereocenters. The number of hydrazone groups is 1. The molecule has 122 valence electrons. The molecule has 23 heavy (non-hydrogen) atoms. The number of amides is 2. The number of nitrogens with one attached hydrogen (secondary N) is 1.